The molecule has 0 amide bonds. The lowest BCUT2D eigenvalue weighted by Gasteiger charge is -2.19. The highest BCUT2D eigenvalue weighted by atomic mass is 16.5. The number of rotatable bonds is 9. The Morgan fingerprint density at radius 2 is 1.95 bits per heavy atom. The third kappa shape index (κ3) is 6.54. The third-order valence-electron chi connectivity index (χ3n) is 2.96. The van der Waals surface area contributed by atoms with Crippen molar-refractivity contribution in [1.29, 1.82) is 0 Å². The van der Waals surface area contributed by atoms with Gasteiger partial charge in [-0.1, -0.05) is 6.07 Å². The fourth-order valence-corrected chi connectivity index (χ4v) is 1.73. The van der Waals surface area contributed by atoms with E-state index < -0.39 is 5.97 Å². The molecule has 112 valence electrons. The van der Waals surface area contributed by atoms with Gasteiger partial charge < -0.3 is 19.6 Å². The Morgan fingerprint density at radius 3 is 2.60 bits per heavy atom. The van der Waals surface area contributed by atoms with E-state index in [9.17, 15) is 4.79 Å². The number of carbonyl (C=O) groups is 1. The molecule has 1 aromatic rings. The number of aromatic carboxylic acids is 1. The van der Waals surface area contributed by atoms with Gasteiger partial charge in [0.2, 0.25) is 0 Å². The number of hydrogen-bond donors (Lipinski definition) is 1. The first-order valence-corrected chi connectivity index (χ1v) is 6.78. The van der Waals surface area contributed by atoms with Gasteiger partial charge in [-0.25, -0.2) is 4.79 Å². The fourth-order valence-electron chi connectivity index (χ4n) is 1.73. The summed E-state index contributed by atoms with van der Waals surface area (Å²) in [6.45, 7) is 3.63. The molecule has 0 radical (unpaired) electrons. The third-order valence-corrected chi connectivity index (χ3v) is 2.96. The highest BCUT2D eigenvalue weighted by Gasteiger charge is 2.04. The summed E-state index contributed by atoms with van der Waals surface area (Å²) in [5.74, 6) is -0.320. The second-order valence-corrected chi connectivity index (χ2v) is 5.14. The Labute approximate surface area is 120 Å². The van der Waals surface area contributed by atoms with Gasteiger partial charge in [0, 0.05) is 19.6 Å². The highest BCUT2D eigenvalue weighted by molar-refractivity contribution is 5.87. The lowest BCUT2D eigenvalue weighted by Crippen LogP contribution is -2.29. The van der Waals surface area contributed by atoms with E-state index in [0.29, 0.717) is 12.4 Å². The van der Waals surface area contributed by atoms with Crippen LogP contribution in [-0.4, -0.2) is 68.3 Å². The van der Waals surface area contributed by atoms with E-state index in [1.54, 1.807) is 24.3 Å². The van der Waals surface area contributed by atoms with Crippen LogP contribution in [0.4, 0.5) is 0 Å². The number of nitrogens with zero attached hydrogens (tertiary/aromatic N) is 2. The Bertz CT molecular complexity index is 421. The molecule has 0 unspecified atom stereocenters. The van der Waals surface area contributed by atoms with E-state index in [1.807, 2.05) is 0 Å². The van der Waals surface area contributed by atoms with Crippen molar-refractivity contribution in [1.82, 2.24) is 9.80 Å². The smallest absolute Gasteiger partial charge is 0.335 e. The van der Waals surface area contributed by atoms with Gasteiger partial charge >= 0.3 is 5.97 Å². The van der Waals surface area contributed by atoms with E-state index in [2.05, 4.69) is 30.9 Å². The molecule has 0 atom stereocenters. The van der Waals surface area contributed by atoms with Gasteiger partial charge in [0.15, 0.2) is 0 Å². The number of likely N-dealkylation sites (N-methyl/N-ethyl adjacent to an activating group) is 2. The minimum Gasteiger partial charge on any atom is -0.494 e. The van der Waals surface area contributed by atoms with Crippen LogP contribution in [0.15, 0.2) is 24.3 Å². The maximum atomic E-state index is 10.8. The van der Waals surface area contributed by atoms with Crippen molar-refractivity contribution in [3.05, 3.63) is 29.8 Å². The highest BCUT2D eigenvalue weighted by Crippen LogP contribution is 2.13. The standard InChI is InChI=1S/C15H24N2O3/c1-16(2)9-10-17(3)8-5-11-20-14-7-4-6-13(12-14)15(18)19/h4,6-7,12H,5,8-11H2,1-3H3,(H,18,19). The van der Waals surface area contributed by atoms with Gasteiger partial charge in [0.1, 0.15) is 5.75 Å². The quantitative estimate of drug-likeness (QED) is 0.697. The van der Waals surface area contributed by atoms with Gasteiger partial charge in [-0.3, -0.25) is 0 Å². The number of ether oxygens (including phenoxy) is 1. The molecule has 0 saturated heterocycles. The summed E-state index contributed by atoms with van der Waals surface area (Å²) in [5.41, 5.74) is 0.255. The first-order chi connectivity index (χ1) is 9.49. The van der Waals surface area contributed by atoms with Crippen LogP contribution >= 0.6 is 0 Å². The van der Waals surface area contributed by atoms with Crippen molar-refractivity contribution in [3.63, 3.8) is 0 Å². The summed E-state index contributed by atoms with van der Waals surface area (Å²) in [4.78, 5) is 15.3. The van der Waals surface area contributed by atoms with E-state index in [0.717, 1.165) is 26.1 Å². The van der Waals surface area contributed by atoms with E-state index in [1.165, 1.54) is 0 Å². The van der Waals surface area contributed by atoms with Gasteiger partial charge in [-0.15, -0.1) is 0 Å². The van der Waals surface area contributed by atoms with Crippen molar-refractivity contribution in [2.45, 2.75) is 6.42 Å². The molecule has 0 aliphatic rings. The summed E-state index contributed by atoms with van der Waals surface area (Å²) in [6, 6.07) is 6.59. The lowest BCUT2D eigenvalue weighted by atomic mass is 10.2. The zero-order valence-electron chi connectivity index (χ0n) is 12.5. The summed E-state index contributed by atoms with van der Waals surface area (Å²) in [5, 5.41) is 8.89. The van der Waals surface area contributed by atoms with E-state index in [4.69, 9.17) is 9.84 Å². The molecule has 1 rings (SSSR count). The molecule has 0 bridgehead atoms. The summed E-state index contributed by atoms with van der Waals surface area (Å²) in [6.07, 6.45) is 0.918. The predicted octanol–water partition coefficient (Wildman–Crippen LogP) is 1.65. The zero-order chi connectivity index (χ0) is 15.0. The molecule has 0 fully saturated rings. The Morgan fingerprint density at radius 1 is 1.20 bits per heavy atom. The van der Waals surface area contributed by atoms with Crippen LogP contribution in [0, 0.1) is 0 Å². The Hall–Kier alpha value is -1.59. The molecule has 0 aliphatic heterocycles. The van der Waals surface area contributed by atoms with Crippen LogP contribution in [0.1, 0.15) is 16.8 Å². The molecule has 0 aromatic heterocycles. The van der Waals surface area contributed by atoms with E-state index >= 15 is 0 Å². The number of hydrogen-bond acceptors (Lipinski definition) is 4. The second kappa shape index (κ2) is 8.55. The minimum atomic E-state index is -0.932. The van der Waals surface area contributed by atoms with Crippen LogP contribution in [0.3, 0.4) is 0 Å². The van der Waals surface area contributed by atoms with E-state index in [-0.39, 0.29) is 5.56 Å². The first kappa shape index (κ1) is 16.5. The van der Waals surface area contributed by atoms with Crippen molar-refractivity contribution >= 4 is 5.97 Å². The number of carboxylic acid groups (broad SMARTS) is 1. The maximum Gasteiger partial charge on any atom is 0.335 e. The maximum absolute atomic E-state index is 10.8. The van der Waals surface area contributed by atoms with Crippen molar-refractivity contribution < 1.29 is 14.6 Å². The molecular formula is C15H24N2O3. The zero-order valence-corrected chi connectivity index (χ0v) is 12.5. The van der Waals surface area contributed by atoms with Gasteiger partial charge in [0.25, 0.3) is 0 Å². The molecular weight excluding hydrogens is 256 g/mol. The average molecular weight is 280 g/mol. The van der Waals surface area contributed by atoms with Crippen molar-refractivity contribution in [2.24, 2.45) is 0 Å². The summed E-state index contributed by atoms with van der Waals surface area (Å²) < 4.78 is 5.57. The minimum absolute atomic E-state index is 0.255. The predicted molar refractivity (Wildman–Crippen MR) is 79.6 cm³/mol. The van der Waals surface area contributed by atoms with Gasteiger partial charge in [-0.05, 0) is 45.8 Å². The first-order valence-electron chi connectivity index (χ1n) is 6.78. The molecule has 1 N–H and O–H groups in total. The summed E-state index contributed by atoms with van der Waals surface area (Å²) >= 11 is 0. The Balaban J connectivity index is 2.24. The van der Waals surface area contributed by atoms with Crippen LogP contribution in [-0.2, 0) is 0 Å². The molecule has 1 aromatic carbocycles. The molecule has 0 spiro atoms. The van der Waals surface area contributed by atoms with Crippen molar-refractivity contribution in [2.75, 3.05) is 47.4 Å². The molecule has 0 aliphatic carbocycles. The van der Waals surface area contributed by atoms with Gasteiger partial charge in [0.05, 0.1) is 12.2 Å². The second-order valence-electron chi connectivity index (χ2n) is 5.14. The average Bonchev–Trinajstić information content (AvgIpc) is 2.41. The molecule has 0 heterocycles. The van der Waals surface area contributed by atoms with Crippen LogP contribution < -0.4 is 4.74 Å². The van der Waals surface area contributed by atoms with Crippen LogP contribution in [0.5, 0.6) is 5.75 Å². The van der Waals surface area contributed by atoms with Gasteiger partial charge in [-0.2, -0.15) is 0 Å². The molecule has 5 nitrogen and oxygen atoms in total. The van der Waals surface area contributed by atoms with Crippen LogP contribution in [0.2, 0.25) is 0 Å². The largest absolute Gasteiger partial charge is 0.494 e. The topological polar surface area (TPSA) is 53.0 Å². The number of benzene rings is 1. The number of carboxylic acids is 1. The SMILES string of the molecule is CN(C)CCN(C)CCCOc1cccc(C(=O)O)c1. The van der Waals surface area contributed by atoms with Crippen LogP contribution in [0.25, 0.3) is 0 Å². The molecule has 5 heteroatoms. The Kier molecular flexibility index (Phi) is 7.04. The molecule has 0 saturated carbocycles. The normalized spacial score (nSPS) is 11.1. The monoisotopic (exact) mass is 280 g/mol. The van der Waals surface area contributed by atoms with Crippen molar-refractivity contribution in [3.8, 4) is 5.75 Å². The lowest BCUT2D eigenvalue weighted by molar-refractivity contribution is 0.0696. The molecule has 20 heavy (non-hydrogen) atoms. The summed E-state index contributed by atoms with van der Waals surface area (Å²) in [7, 11) is 6.22. The fraction of sp³-hybridized carbons (Fsp3) is 0.533.